The molecule has 0 aromatic carbocycles. The molecule has 0 unspecified atom stereocenters. The predicted molar refractivity (Wildman–Crippen MR) is 88.0 cm³/mol. The number of nitrogens with one attached hydrogen (secondary N) is 1. The molecule has 120 valence electrons. The highest BCUT2D eigenvalue weighted by Crippen LogP contribution is 2.10. The first kappa shape index (κ1) is 16.5. The van der Waals surface area contributed by atoms with Crippen molar-refractivity contribution in [2.24, 2.45) is 5.92 Å². The second-order valence-electron chi connectivity index (χ2n) is 6.24. The summed E-state index contributed by atoms with van der Waals surface area (Å²) in [5.41, 5.74) is 1.90. The van der Waals surface area contributed by atoms with Crippen LogP contribution in [0.2, 0.25) is 0 Å². The molecule has 0 fully saturated rings. The van der Waals surface area contributed by atoms with Crippen LogP contribution in [0.1, 0.15) is 62.1 Å². The van der Waals surface area contributed by atoms with Crippen molar-refractivity contribution in [1.82, 2.24) is 19.7 Å². The molecule has 5 heteroatoms. The molecule has 0 atom stereocenters. The Bertz CT molecular complexity index is 618. The molecule has 0 saturated heterocycles. The van der Waals surface area contributed by atoms with Gasteiger partial charge in [-0.15, -0.1) is 0 Å². The fourth-order valence-corrected chi connectivity index (χ4v) is 2.52. The average Bonchev–Trinajstić information content (AvgIpc) is 2.85. The van der Waals surface area contributed by atoms with E-state index in [0.29, 0.717) is 17.9 Å². The Balaban J connectivity index is 1.77. The maximum atomic E-state index is 12.2. The van der Waals surface area contributed by atoms with E-state index in [1.54, 1.807) is 12.4 Å². The Hall–Kier alpha value is -1.91. The summed E-state index contributed by atoms with van der Waals surface area (Å²) >= 11 is 0. The van der Waals surface area contributed by atoms with Crippen molar-refractivity contribution in [2.75, 3.05) is 6.54 Å². The van der Waals surface area contributed by atoms with Crippen molar-refractivity contribution in [1.29, 1.82) is 0 Å². The molecular weight excluding hydrogens is 276 g/mol. The minimum Gasteiger partial charge on any atom is -0.351 e. The highest BCUT2D eigenvalue weighted by molar-refractivity contribution is 5.97. The largest absolute Gasteiger partial charge is 0.351 e. The van der Waals surface area contributed by atoms with Gasteiger partial charge in [-0.25, -0.2) is 9.97 Å². The molecule has 0 bridgehead atoms. The fourth-order valence-electron chi connectivity index (χ4n) is 2.52. The van der Waals surface area contributed by atoms with Crippen molar-refractivity contribution in [3.8, 4) is 0 Å². The Morgan fingerprint density at radius 3 is 2.82 bits per heavy atom. The molecule has 2 heterocycles. The minimum atomic E-state index is -0.140. The number of carbonyl (C=O) groups is 1. The van der Waals surface area contributed by atoms with E-state index in [9.17, 15) is 4.79 Å². The number of hydrogen-bond donors (Lipinski definition) is 1. The van der Waals surface area contributed by atoms with Gasteiger partial charge in [0.2, 0.25) is 0 Å². The summed E-state index contributed by atoms with van der Waals surface area (Å²) in [6.07, 6.45) is 11.3. The minimum absolute atomic E-state index is 0.140. The van der Waals surface area contributed by atoms with E-state index in [0.717, 1.165) is 24.5 Å². The van der Waals surface area contributed by atoms with Crippen LogP contribution >= 0.6 is 0 Å². The average molecular weight is 302 g/mol. The molecule has 0 radical (unpaired) electrons. The summed E-state index contributed by atoms with van der Waals surface area (Å²) in [6, 6.07) is 0. The van der Waals surface area contributed by atoms with Crippen LogP contribution in [-0.4, -0.2) is 26.8 Å². The van der Waals surface area contributed by atoms with E-state index in [1.165, 1.54) is 19.3 Å². The van der Waals surface area contributed by atoms with Crippen molar-refractivity contribution < 1.29 is 4.79 Å². The van der Waals surface area contributed by atoms with E-state index in [4.69, 9.17) is 0 Å². The standard InChI is InChI=1S/C17H26N4O/c1-13(2)8-6-4-5-7-9-19-17(22)15-16-20-14(3)12-21(16)11-10-18-15/h10-13H,4-9H2,1-3H3,(H,19,22). The Morgan fingerprint density at radius 2 is 2.05 bits per heavy atom. The quantitative estimate of drug-likeness (QED) is 0.761. The number of rotatable bonds is 8. The first-order valence-electron chi connectivity index (χ1n) is 8.16. The van der Waals surface area contributed by atoms with Crippen molar-refractivity contribution in [2.45, 2.75) is 52.9 Å². The first-order chi connectivity index (χ1) is 10.6. The summed E-state index contributed by atoms with van der Waals surface area (Å²) < 4.78 is 1.84. The normalized spacial score (nSPS) is 11.3. The second kappa shape index (κ2) is 7.92. The third kappa shape index (κ3) is 4.55. The fraction of sp³-hybridized carbons (Fsp3) is 0.588. The van der Waals surface area contributed by atoms with Gasteiger partial charge in [-0.2, -0.15) is 0 Å². The van der Waals surface area contributed by atoms with Crippen LogP contribution in [-0.2, 0) is 0 Å². The Morgan fingerprint density at radius 1 is 1.27 bits per heavy atom. The molecular formula is C17H26N4O. The lowest BCUT2D eigenvalue weighted by molar-refractivity contribution is 0.0949. The van der Waals surface area contributed by atoms with E-state index in [2.05, 4.69) is 29.1 Å². The van der Waals surface area contributed by atoms with Gasteiger partial charge in [-0.05, 0) is 19.3 Å². The topological polar surface area (TPSA) is 59.3 Å². The van der Waals surface area contributed by atoms with Crippen LogP contribution in [0.3, 0.4) is 0 Å². The highest BCUT2D eigenvalue weighted by Gasteiger charge is 2.13. The van der Waals surface area contributed by atoms with Gasteiger partial charge in [0.05, 0.1) is 5.69 Å². The van der Waals surface area contributed by atoms with Gasteiger partial charge in [-0.1, -0.05) is 39.5 Å². The molecule has 2 aromatic rings. The molecule has 22 heavy (non-hydrogen) atoms. The molecule has 0 aliphatic heterocycles. The SMILES string of the molecule is Cc1cn2ccnc(C(=O)NCCCCCCC(C)C)c2n1. The van der Waals surface area contributed by atoms with Crippen LogP contribution in [0.15, 0.2) is 18.6 Å². The number of imidazole rings is 1. The van der Waals surface area contributed by atoms with Gasteiger partial charge in [0.15, 0.2) is 11.3 Å². The number of hydrogen-bond acceptors (Lipinski definition) is 3. The molecule has 2 aromatic heterocycles. The smallest absolute Gasteiger partial charge is 0.273 e. The van der Waals surface area contributed by atoms with E-state index in [-0.39, 0.29) is 5.91 Å². The van der Waals surface area contributed by atoms with Gasteiger partial charge < -0.3 is 9.72 Å². The molecule has 0 spiro atoms. The number of unbranched alkanes of at least 4 members (excludes halogenated alkanes) is 3. The lowest BCUT2D eigenvalue weighted by Crippen LogP contribution is -2.26. The number of fused-ring (bicyclic) bond motifs is 1. The summed E-state index contributed by atoms with van der Waals surface area (Å²) in [7, 11) is 0. The second-order valence-corrected chi connectivity index (χ2v) is 6.24. The van der Waals surface area contributed by atoms with Gasteiger partial charge >= 0.3 is 0 Å². The van der Waals surface area contributed by atoms with Gasteiger partial charge in [0.1, 0.15) is 0 Å². The zero-order valence-electron chi connectivity index (χ0n) is 13.8. The monoisotopic (exact) mass is 302 g/mol. The third-order valence-corrected chi connectivity index (χ3v) is 3.70. The maximum absolute atomic E-state index is 12.2. The van der Waals surface area contributed by atoms with Gasteiger partial charge in [0.25, 0.3) is 5.91 Å². The first-order valence-corrected chi connectivity index (χ1v) is 8.16. The van der Waals surface area contributed by atoms with E-state index in [1.807, 2.05) is 17.5 Å². The number of aryl methyl sites for hydroxylation is 1. The van der Waals surface area contributed by atoms with Crippen LogP contribution in [0.4, 0.5) is 0 Å². The van der Waals surface area contributed by atoms with Crippen LogP contribution in [0.25, 0.3) is 5.65 Å². The summed E-state index contributed by atoms with van der Waals surface area (Å²) in [4.78, 5) is 20.8. The molecule has 0 aliphatic rings. The Kier molecular flexibility index (Phi) is 5.92. The summed E-state index contributed by atoms with van der Waals surface area (Å²) in [5, 5.41) is 2.95. The highest BCUT2D eigenvalue weighted by atomic mass is 16.1. The predicted octanol–water partition coefficient (Wildman–Crippen LogP) is 3.37. The van der Waals surface area contributed by atoms with E-state index >= 15 is 0 Å². The number of nitrogens with zero attached hydrogens (tertiary/aromatic N) is 3. The zero-order valence-corrected chi connectivity index (χ0v) is 13.8. The molecule has 0 aliphatic carbocycles. The van der Waals surface area contributed by atoms with E-state index < -0.39 is 0 Å². The lowest BCUT2D eigenvalue weighted by Gasteiger charge is -2.06. The zero-order chi connectivity index (χ0) is 15.9. The van der Waals surface area contributed by atoms with Gasteiger partial charge in [-0.3, -0.25) is 4.79 Å². The van der Waals surface area contributed by atoms with Gasteiger partial charge in [0, 0.05) is 25.1 Å². The van der Waals surface area contributed by atoms with Crippen LogP contribution in [0.5, 0.6) is 0 Å². The summed E-state index contributed by atoms with van der Waals surface area (Å²) in [5.74, 6) is 0.641. The summed E-state index contributed by atoms with van der Waals surface area (Å²) in [6.45, 7) is 7.12. The molecule has 5 nitrogen and oxygen atoms in total. The maximum Gasteiger partial charge on any atom is 0.273 e. The van der Waals surface area contributed by atoms with Crippen molar-refractivity contribution in [3.63, 3.8) is 0 Å². The van der Waals surface area contributed by atoms with Crippen molar-refractivity contribution in [3.05, 3.63) is 30.0 Å². The number of amides is 1. The molecule has 0 saturated carbocycles. The third-order valence-electron chi connectivity index (χ3n) is 3.70. The van der Waals surface area contributed by atoms with Crippen LogP contribution < -0.4 is 5.32 Å². The van der Waals surface area contributed by atoms with Crippen LogP contribution in [0, 0.1) is 12.8 Å². The number of aromatic nitrogens is 3. The molecule has 1 N–H and O–H groups in total. The Labute approximate surface area is 132 Å². The molecule has 1 amide bonds. The lowest BCUT2D eigenvalue weighted by atomic mass is 10.0. The number of carbonyl (C=O) groups excluding carboxylic acids is 1. The van der Waals surface area contributed by atoms with Crippen molar-refractivity contribution >= 4 is 11.6 Å². The molecule has 2 rings (SSSR count).